The van der Waals surface area contributed by atoms with Crippen molar-refractivity contribution in [3.05, 3.63) is 11.3 Å². The Morgan fingerprint density at radius 1 is 0.719 bits per heavy atom. The van der Waals surface area contributed by atoms with Crippen LogP contribution in [0.5, 0.6) is 0 Å². The van der Waals surface area contributed by atoms with Crippen molar-refractivity contribution in [2.45, 2.75) is 106 Å². The van der Waals surface area contributed by atoms with Gasteiger partial charge in [-0.25, -0.2) is 82.3 Å². The van der Waals surface area contributed by atoms with Crippen molar-refractivity contribution >= 4 is 59.5 Å². The van der Waals surface area contributed by atoms with Crippen LogP contribution in [0.3, 0.4) is 0 Å². The van der Waals surface area contributed by atoms with Crippen LogP contribution in [0.25, 0.3) is 0 Å². The summed E-state index contributed by atoms with van der Waals surface area (Å²) in [7, 11) is 0. The standard InChI is InChI=1S/C32H38O32/c1-10(36)25(47)53-22-18(32(24(46)21(44)19(42)12(7-33)55-32)64-31(9-35)23(45)20(43)13(8-34)54-31)27(49)61-63-29(51)30(52,6-17(41)59-62-28(22)50)5-16(40)58-56-14(38)3-4-15(39)57-60-26(48)11(2)37/h10,12-13,19-21,23-24,33-36,42-46,52H,3-9H2,1-2H3/b22-18-/t10?,12-,13-,19-,20-,21+,23+,24-,30?,31?,32+/m1/s1. The number of carbonyl (C=O) groups is 10. The minimum atomic E-state index is -4.08. The lowest BCUT2D eigenvalue weighted by Gasteiger charge is -2.51. The van der Waals surface area contributed by atoms with Crippen LogP contribution < -0.4 is 0 Å². The van der Waals surface area contributed by atoms with Gasteiger partial charge in [-0.1, -0.05) is 0 Å². The molecule has 358 valence electrons. The van der Waals surface area contributed by atoms with E-state index >= 15 is 0 Å². The van der Waals surface area contributed by atoms with Crippen LogP contribution in [0.15, 0.2) is 11.3 Å². The normalized spacial score (nSPS) is 32.8. The second kappa shape index (κ2) is 21.7. The van der Waals surface area contributed by atoms with E-state index < -0.39 is 182 Å². The molecule has 3 rings (SSSR count). The van der Waals surface area contributed by atoms with Crippen LogP contribution in [0.1, 0.15) is 39.5 Å². The Kier molecular flexibility index (Phi) is 17.8. The Labute approximate surface area is 353 Å². The molecule has 10 N–H and O–H groups in total. The topological polar surface area (TPSA) is 484 Å². The van der Waals surface area contributed by atoms with Crippen LogP contribution in [-0.4, -0.2) is 196 Å². The van der Waals surface area contributed by atoms with E-state index in [9.17, 15) is 99.0 Å². The third kappa shape index (κ3) is 11.8. The van der Waals surface area contributed by atoms with Gasteiger partial charge in [0.2, 0.25) is 23.1 Å². The predicted molar refractivity (Wildman–Crippen MR) is 175 cm³/mol. The average molecular weight is 935 g/mol. The first-order valence-electron chi connectivity index (χ1n) is 17.7. The molecule has 32 nitrogen and oxygen atoms in total. The van der Waals surface area contributed by atoms with Gasteiger partial charge < -0.3 is 70.0 Å². The van der Waals surface area contributed by atoms with Gasteiger partial charge in [0.25, 0.3) is 0 Å². The number of aliphatic hydroxyl groups excluding tert-OH is 9. The van der Waals surface area contributed by atoms with Crippen LogP contribution in [0, 0.1) is 0 Å². The monoisotopic (exact) mass is 934 g/mol. The van der Waals surface area contributed by atoms with Crippen molar-refractivity contribution in [2.24, 2.45) is 0 Å². The Morgan fingerprint density at radius 2 is 1.27 bits per heavy atom. The number of hydrogen-bond acceptors (Lipinski definition) is 32. The number of ether oxygens (including phenoxy) is 4. The zero-order valence-electron chi connectivity index (χ0n) is 32.5. The van der Waals surface area contributed by atoms with Crippen molar-refractivity contribution in [3.8, 4) is 0 Å². The van der Waals surface area contributed by atoms with Gasteiger partial charge in [0.15, 0.2) is 11.2 Å². The fraction of sp³-hybridized carbons (Fsp3) is 0.625. The van der Waals surface area contributed by atoms with E-state index in [-0.39, 0.29) is 0 Å². The predicted octanol–water partition coefficient (Wildman–Crippen LogP) is -8.95. The highest BCUT2D eigenvalue weighted by Gasteiger charge is 2.68. The van der Waals surface area contributed by atoms with Crippen molar-refractivity contribution in [3.63, 3.8) is 0 Å². The van der Waals surface area contributed by atoms with E-state index in [1.54, 1.807) is 0 Å². The molecule has 0 aromatic carbocycles. The maximum absolute atomic E-state index is 14.1. The Hall–Kier alpha value is -5.88. The van der Waals surface area contributed by atoms with Gasteiger partial charge in [0, 0.05) is 6.92 Å². The fourth-order valence-electron chi connectivity index (χ4n) is 5.35. The zero-order valence-corrected chi connectivity index (χ0v) is 32.5. The molecule has 11 atom stereocenters. The highest BCUT2D eigenvalue weighted by molar-refractivity contribution is 6.32. The molecule has 0 aromatic rings. The molecule has 64 heavy (non-hydrogen) atoms. The number of rotatable bonds is 14. The number of ketones is 1. The lowest BCUT2D eigenvalue weighted by Crippen LogP contribution is -2.71. The lowest BCUT2D eigenvalue weighted by atomic mass is 9.86. The van der Waals surface area contributed by atoms with E-state index in [0.717, 1.165) is 6.92 Å². The van der Waals surface area contributed by atoms with Gasteiger partial charge in [-0.3, -0.25) is 4.79 Å². The summed E-state index contributed by atoms with van der Waals surface area (Å²) < 4.78 is 20.9. The molecule has 0 saturated carbocycles. The summed E-state index contributed by atoms with van der Waals surface area (Å²) in [5.74, 6) is -28.6. The van der Waals surface area contributed by atoms with Crippen LogP contribution in [0.2, 0.25) is 0 Å². The quantitative estimate of drug-likeness (QED) is 0.0335. The molecule has 0 spiro atoms. The molecule has 0 amide bonds. The van der Waals surface area contributed by atoms with E-state index in [2.05, 4.69) is 39.1 Å². The molecule has 32 heteroatoms. The summed E-state index contributed by atoms with van der Waals surface area (Å²) >= 11 is 0. The van der Waals surface area contributed by atoms with Gasteiger partial charge in [0.1, 0.15) is 55.4 Å². The molecular formula is C32H38O32. The molecule has 2 saturated heterocycles. The van der Waals surface area contributed by atoms with Crippen LogP contribution in [0.4, 0.5) is 0 Å². The number of Topliss-reactive ketones (excluding diaryl/α,β-unsaturated/α-hetero) is 1. The summed E-state index contributed by atoms with van der Waals surface area (Å²) in [5, 5.41) is 105. The summed E-state index contributed by atoms with van der Waals surface area (Å²) in [6, 6.07) is 0. The molecule has 3 aliphatic rings. The molecular weight excluding hydrogens is 896 g/mol. The summed E-state index contributed by atoms with van der Waals surface area (Å²) in [6.07, 6.45) is -25.4. The largest absolute Gasteiger partial charge is 0.422 e. The van der Waals surface area contributed by atoms with E-state index in [1.807, 2.05) is 0 Å². The molecule has 3 heterocycles. The second-order valence-electron chi connectivity index (χ2n) is 13.3. The highest BCUT2D eigenvalue weighted by atomic mass is 17.2. The minimum Gasteiger partial charge on any atom is -0.416 e. The van der Waals surface area contributed by atoms with Crippen molar-refractivity contribution < 1.29 is 157 Å². The molecule has 3 aliphatic heterocycles. The first kappa shape index (κ1) is 52.5. The lowest BCUT2D eigenvalue weighted by molar-refractivity contribution is -0.421. The first-order valence-corrected chi connectivity index (χ1v) is 17.7. The van der Waals surface area contributed by atoms with Gasteiger partial charge in [0.05, 0.1) is 38.9 Å². The van der Waals surface area contributed by atoms with Crippen molar-refractivity contribution in [2.75, 3.05) is 19.8 Å². The molecule has 2 fully saturated rings. The SMILES string of the molecule is CC(=O)C(=O)OOC(=O)CCC(=O)OOC(=O)CC1(O)CC(=O)OOC(=O)/C(OC(=O)C(C)O)=C(/[C@@]2(OC3(CO)O[C@H](CO)[C@@H](O)[C@@H]3O)O[C@H](CO)[C@@H](O)[C@H](O)[C@H]2O)C(=O)OOC1=O. The van der Waals surface area contributed by atoms with Crippen LogP contribution >= 0.6 is 0 Å². The Bertz CT molecular complexity index is 1870. The van der Waals surface area contributed by atoms with Gasteiger partial charge >= 0.3 is 53.7 Å². The van der Waals surface area contributed by atoms with Crippen LogP contribution in [-0.2, 0) is 106 Å². The number of aliphatic hydroxyl groups is 10. The number of carbonyl (C=O) groups excluding carboxylic acids is 10. The van der Waals surface area contributed by atoms with Gasteiger partial charge in [-0.15, -0.1) is 0 Å². The summed E-state index contributed by atoms with van der Waals surface area (Å²) in [6.45, 7) is -2.92. The molecule has 0 radical (unpaired) electrons. The third-order valence-corrected chi connectivity index (χ3v) is 8.60. The molecule has 0 aromatic heterocycles. The first-order chi connectivity index (χ1) is 29.8. The van der Waals surface area contributed by atoms with E-state index in [4.69, 9.17) is 18.9 Å². The summed E-state index contributed by atoms with van der Waals surface area (Å²) in [5.41, 5.74) is -5.81. The zero-order chi connectivity index (χ0) is 48.5. The maximum Gasteiger partial charge on any atom is 0.422 e. The van der Waals surface area contributed by atoms with Gasteiger partial charge in [-0.2, -0.15) is 0 Å². The molecule has 3 unspecified atom stereocenters. The van der Waals surface area contributed by atoms with Gasteiger partial charge in [-0.05, 0) is 6.92 Å². The third-order valence-electron chi connectivity index (χ3n) is 8.60. The fourth-order valence-corrected chi connectivity index (χ4v) is 5.35. The number of hydrogen-bond donors (Lipinski definition) is 10. The Balaban J connectivity index is 2.09. The number of esters is 1. The highest BCUT2D eigenvalue weighted by Crippen LogP contribution is 2.46. The van der Waals surface area contributed by atoms with E-state index in [1.165, 1.54) is 0 Å². The average Bonchev–Trinajstić information content (AvgIpc) is 3.49. The Morgan fingerprint density at radius 3 is 1.80 bits per heavy atom. The molecule has 0 bridgehead atoms. The molecule has 0 aliphatic carbocycles. The smallest absolute Gasteiger partial charge is 0.416 e. The van der Waals surface area contributed by atoms with E-state index in [0.29, 0.717) is 6.92 Å². The van der Waals surface area contributed by atoms with Crippen molar-refractivity contribution in [1.82, 2.24) is 0 Å². The minimum absolute atomic E-state index is 0.687. The second-order valence-corrected chi connectivity index (χ2v) is 13.3. The van der Waals surface area contributed by atoms with Crippen molar-refractivity contribution in [1.29, 1.82) is 0 Å². The summed E-state index contributed by atoms with van der Waals surface area (Å²) in [4.78, 5) is 157. The maximum atomic E-state index is 14.1.